The van der Waals surface area contributed by atoms with E-state index in [-0.39, 0.29) is 5.78 Å². The van der Waals surface area contributed by atoms with Gasteiger partial charge in [-0.1, -0.05) is 31.2 Å². The van der Waals surface area contributed by atoms with Crippen LogP contribution in [0.25, 0.3) is 0 Å². The summed E-state index contributed by atoms with van der Waals surface area (Å²) in [5, 5.41) is 0. The molecule has 0 radical (unpaired) electrons. The van der Waals surface area contributed by atoms with Crippen LogP contribution in [0.2, 0.25) is 0 Å². The Hall–Kier alpha value is -1.90. The number of carbonyl (C=O) groups is 1. The number of aryl methyl sites for hydroxylation is 2. The van der Waals surface area contributed by atoms with E-state index in [2.05, 4.69) is 30.1 Å². The molecule has 18 heavy (non-hydrogen) atoms. The van der Waals surface area contributed by atoms with Gasteiger partial charge < -0.3 is 4.57 Å². The lowest BCUT2D eigenvalue weighted by atomic mass is 10.00. The predicted octanol–water partition coefficient (Wildman–Crippen LogP) is 2.65. The first-order valence-electron chi connectivity index (χ1n) is 6.34. The number of rotatable bonds is 6. The summed E-state index contributed by atoms with van der Waals surface area (Å²) in [4.78, 5) is 15.8. The van der Waals surface area contributed by atoms with Crippen LogP contribution < -0.4 is 0 Å². The minimum absolute atomic E-state index is 0.249. The summed E-state index contributed by atoms with van der Waals surface area (Å²) in [7, 11) is 0. The zero-order valence-corrected chi connectivity index (χ0v) is 10.7. The first-order chi connectivity index (χ1) is 8.79. The van der Waals surface area contributed by atoms with Crippen molar-refractivity contribution in [3.05, 3.63) is 54.1 Å². The van der Waals surface area contributed by atoms with Gasteiger partial charge in [0, 0.05) is 18.8 Å². The van der Waals surface area contributed by atoms with Crippen LogP contribution in [0.15, 0.2) is 43.0 Å². The van der Waals surface area contributed by atoms with E-state index in [4.69, 9.17) is 0 Å². The van der Waals surface area contributed by atoms with Gasteiger partial charge in [-0.25, -0.2) is 4.98 Å². The molecule has 0 amide bonds. The number of Topliss-reactive ketones (excluding diaryl/α,β-unsaturated/α-hetero) is 1. The quantitative estimate of drug-likeness (QED) is 0.780. The molecule has 0 aliphatic carbocycles. The number of hydrogen-bond acceptors (Lipinski definition) is 2. The van der Waals surface area contributed by atoms with E-state index in [1.165, 1.54) is 11.1 Å². The zero-order valence-electron chi connectivity index (χ0n) is 10.7. The van der Waals surface area contributed by atoms with Gasteiger partial charge in [-0.3, -0.25) is 4.79 Å². The Labute approximate surface area is 107 Å². The predicted molar refractivity (Wildman–Crippen MR) is 71.4 cm³/mol. The molecule has 0 aliphatic rings. The molecule has 0 spiro atoms. The number of ketones is 1. The van der Waals surface area contributed by atoms with Gasteiger partial charge in [-0.15, -0.1) is 0 Å². The number of benzene rings is 1. The molecule has 0 atom stereocenters. The number of carbonyl (C=O) groups excluding carboxylic acids is 1. The molecule has 2 rings (SSSR count). The molecule has 94 valence electrons. The third-order valence-electron chi connectivity index (χ3n) is 3.09. The molecule has 0 unspecified atom stereocenters. The molecule has 3 nitrogen and oxygen atoms in total. The van der Waals surface area contributed by atoms with E-state index in [0.29, 0.717) is 13.0 Å². The van der Waals surface area contributed by atoms with Gasteiger partial charge in [0.25, 0.3) is 0 Å². The Morgan fingerprint density at radius 3 is 2.72 bits per heavy atom. The minimum atomic E-state index is 0.249. The van der Waals surface area contributed by atoms with Crippen molar-refractivity contribution in [1.29, 1.82) is 0 Å². The second kappa shape index (κ2) is 6.15. The number of hydrogen-bond donors (Lipinski definition) is 0. The standard InChI is InChI=1S/C15H18N2O/c1-2-13-5-3-4-6-14(13)7-8-15(18)11-17-10-9-16-12-17/h3-6,9-10,12H,2,7-8,11H2,1H3. The Kier molecular flexibility index (Phi) is 4.29. The van der Waals surface area contributed by atoms with Gasteiger partial charge in [0.2, 0.25) is 0 Å². The van der Waals surface area contributed by atoms with Crippen LogP contribution in [-0.4, -0.2) is 15.3 Å². The van der Waals surface area contributed by atoms with Crippen molar-refractivity contribution in [3.8, 4) is 0 Å². The largest absolute Gasteiger partial charge is 0.330 e. The second-order valence-electron chi connectivity index (χ2n) is 4.40. The lowest BCUT2D eigenvalue weighted by Crippen LogP contribution is -2.09. The fourth-order valence-corrected chi connectivity index (χ4v) is 2.08. The summed E-state index contributed by atoms with van der Waals surface area (Å²) < 4.78 is 1.81. The first kappa shape index (κ1) is 12.6. The van der Waals surface area contributed by atoms with Crippen LogP contribution in [0.4, 0.5) is 0 Å². The van der Waals surface area contributed by atoms with Crippen molar-refractivity contribution in [1.82, 2.24) is 9.55 Å². The molecule has 1 aromatic heterocycles. The topological polar surface area (TPSA) is 34.9 Å². The van der Waals surface area contributed by atoms with Gasteiger partial charge in [-0.2, -0.15) is 0 Å². The van der Waals surface area contributed by atoms with Crippen LogP contribution in [-0.2, 0) is 24.2 Å². The number of aromatic nitrogens is 2. The van der Waals surface area contributed by atoms with Crippen LogP contribution in [0.3, 0.4) is 0 Å². The number of nitrogens with zero attached hydrogens (tertiary/aromatic N) is 2. The summed E-state index contributed by atoms with van der Waals surface area (Å²) in [5.74, 6) is 0.249. The summed E-state index contributed by atoms with van der Waals surface area (Å²) in [6.07, 6.45) is 7.63. The Morgan fingerprint density at radius 1 is 1.28 bits per heavy atom. The van der Waals surface area contributed by atoms with E-state index < -0.39 is 0 Å². The molecule has 0 saturated carbocycles. The van der Waals surface area contributed by atoms with Crippen molar-refractivity contribution in [2.75, 3.05) is 0 Å². The molecule has 0 fully saturated rings. The van der Waals surface area contributed by atoms with Crippen LogP contribution in [0.5, 0.6) is 0 Å². The highest BCUT2D eigenvalue weighted by atomic mass is 16.1. The van der Waals surface area contributed by atoms with Crippen molar-refractivity contribution in [2.45, 2.75) is 32.7 Å². The van der Waals surface area contributed by atoms with Crippen LogP contribution >= 0.6 is 0 Å². The third-order valence-corrected chi connectivity index (χ3v) is 3.09. The van der Waals surface area contributed by atoms with Gasteiger partial charge in [0.1, 0.15) is 0 Å². The molecular formula is C15H18N2O. The van der Waals surface area contributed by atoms with Gasteiger partial charge in [0.05, 0.1) is 12.9 Å². The summed E-state index contributed by atoms with van der Waals surface area (Å²) >= 11 is 0. The summed E-state index contributed by atoms with van der Waals surface area (Å²) in [6.45, 7) is 2.57. The zero-order chi connectivity index (χ0) is 12.8. The first-order valence-corrected chi connectivity index (χ1v) is 6.34. The van der Waals surface area contributed by atoms with Gasteiger partial charge in [-0.05, 0) is 24.0 Å². The molecule has 0 saturated heterocycles. The molecule has 0 aliphatic heterocycles. The van der Waals surface area contributed by atoms with Crippen LogP contribution in [0.1, 0.15) is 24.5 Å². The maximum absolute atomic E-state index is 11.8. The average molecular weight is 242 g/mol. The third kappa shape index (κ3) is 3.29. The van der Waals surface area contributed by atoms with E-state index in [0.717, 1.165) is 12.8 Å². The average Bonchev–Trinajstić information content (AvgIpc) is 2.89. The maximum atomic E-state index is 11.8. The molecule has 2 aromatic rings. The van der Waals surface area contributed by atoms with Crippen LogP contribution in [0, 0.1) is 0 Å². The lowest BCUT2D eigenvalue weighted by Gasteiger charge is -2.07. The van der Waals surface area contributed by atoms with Crippen molar-refractivity contribution in [2.24, 2.45) is 0 Å². The van der Waals surface area contributed by atoms with Crippen molar-refractivity contribution >= 4 is 5.78 Å². The highest BCUT2D eigenvalue weighted by Gasteiger charge is 2.05. The normalized spacial score (nSPS) is 10.5. The summed E-state index contributed by atoms with van der Waals surface area (Å²) in [6, 6.07) is 8.34. The molecular weight excluding hydrogens is 224 g/mol. The fraction of sp³-hybridized carbons (Fsp3) is 0.333. The highest BCUT2D eigenvalue weighted by molar-refractivity contribution is 5.78. The van der Waals surface area contributed by atoms with Crippen molar-refractivity contribution in [3.63, 3.8) is 0 Å². The Bertz CT molecular complexity index is 503. The SMILES string of the molecule is CCc1ccccc1CCC(=O)Cn1ccnc1. The lowest BCUT2D eigenvalue weighted by molar-refractivity contribution is -0.119. The van der Waals surface area contributed by atoms with E-state index in [1.54, 1.807) is 12.5 Å². The summed E-state index contributed by atoms with van der Waals surface area (Å²) in [5.41, 5.74) is 2.63. The molecule has 1 aromatic carbocycles. The highest BCUT2D eigenvalue weighted by Crippen LogP contribution is 2.12. The Morgan fingerprint density at radius 2 is 2.06 bits per heavy atom. The molecule has 3 heteroatoms. The number of imidazole rings is 1. The molecule has 0 N–H and O–H groups in total. The van der Waals surface area contributed by atoms with E-state index >= 15 is 0 Å². The fourth-order valence-electron chi connectivity index (χ4n) is 2.08. The second-order valence-corrected chi connectivity index (χ2v) is 4.40. The van der Waals surface area contributed by atoms with Gasteiger partial charge in [0.15, 0.2) is 5.78 Å². The smallest absolute Gasteiger partial charge is 0.152 e. The minimum Gasteiger partial charge on any atom is -0.330 e. The molecule has 0 bridgehead atoms. The van der Waals surface area contributed by atoms with E-state index in [1.807, 2.05) is 16.8 Å². The maximum Gasteiger partial charge on any atom is 0.152 e. The Balaban J connectivity index is 1.89. The monoisotopic (exact) mass is 242 g/mol. The molecule has 1 heterocycles. The van der Waals surface area contributed by atoms with E-state index in [9.17, 15) is 4.79 Å². The van der Waals surface area contributed by atoms with Gasteiger partial charge >= 0.3 is 0 Å². The van der Waals surface area contributed by atoms with Crippen molar-refractivity contribution < 1.29 is 4.79 Å².